The first-order valence-electron chi connectivity index (χ1n) is 9.40. The van der Waals surface area contributed by atoms with Gasteiger partial charge in [0.05, 0.1) is 0 Å². The number of quaternary nitrogens is 1. The van der Waals surface area contributed by atoms with Crippen LogP contribution in [0, 0.1) is 12.8 Å². The third-order valence-corrected chi connectivity index (χ3v) is 5.01. The van der Waals surface area contributed by atoms with Gasteiger partial charge in [0.2, 0.25) is 0 Å². The molecule has 0 aliphatic heterocycles. The molecule has 0 amide bonds. The molecule has 2 heterocycles. The summed E-state index contributed by atoms with van der Waals surface area (Å²) in [7, 11) is 0. The van der Waals surface area contributed by atoms with Gasteiger partial charge in [0.15, 0.2) is 0 Å². The number of pyridine rings is 1. The third kappa shape index (κ3) is 3.86. The zero-order chi connectivity index (χ0) is 18.7. The maximum absolute atomic E-state index is 12.4. The summed E-state index contributed by atoms with van der Waals surface area (Å²) in [6, 6.07) is 16.6. The average Bonchev–Trinajstić information content (AvgIpc) is 2.62. The lowest BCUT2D eigenvalue weighted by Gasteiger charge is -2.20. The molecule has 0 spiro atoms. The molecule has 2 N–H and O–H groups in total. The van der Waals surface area contributed by atoms with E-state index >= 15 is 0 Å². The van der Waals surface area contributed by atoms with Crippen molar-refractivity contribution in [2.45, 2.75) is 46.7 Å². The highest BCUT2D eigenvalue weighted by molar-refractivity contribution is 5.40. The van der Waals surface area contributed by atoms with Crippen LogP contribution in [0.2, 0.25) is 0 Å². The molecule has 26 heavy (non-hydrogen) atoms. The van der Waals surface area contributed by atoms with Crippen molar-refractivity contribution < 1.29 is 5.32 Å². The number of nitrogens with two attached hydrogens (primary N) is 1. The van der Waals surface area contributed by atoms with E-state index < -0.39 is 0 Å². The van der Waals surface area contributed by atoms with Crippen LogP contribution in [-0.4, -0.2) is 9.38 Å². The highest BCUT2D eigenvalue weighted by Gasteiger charge is 2.19. The smallest absolute Gasteiger partial charge is 0.258 e. The Morgan fingerprint density at radius 2 is 1.85 bits per heavy atom. The highest BCUT2D eigenvalue weighted by Crippen LogP contribution is 2.18. The molecule has 3 rings (SSSR count). The molecule has 0 aliphatic carbocycles. The van der Waals surface area contributed by atoms with Gasteiger partial charge < -0.3 is 5.32 Å². The van der Waals surface area contributed by atoms with Crippen molar-refractivity contribution in [3.05, 3.63) is 81.4 Å². The lowest BCUT2D eigenvalue weighted by Crippen LogP contribution is -2.84. The van der Waals surface area contributed by atoms with Crippen LogP contribution >= 0.6 is 0 Å². The predicted molar refractivity (Wildman–Crippen MR) is 105 cm³/mol. The molecule has 3 aromatic rings. The van der Waals surface area contributed by atoms with Crippen molar-refractivity contribution in [2.75, 3.05) is 0 Å². The van der Waals surface area contributed by atoms with Crippen LogP contribution in [0.1, 0.15) is 49.3 Å². The molecular weight excluding hydrogens is 322 g/mol. The summed E-state index contributed by atoms with van der Waals surface area (Å²) in [6.45, 7) is 9.27. The average molecular weight is 350 g/mol. The Morgan fingerprint density at radius 3 is 2.50 bits per heavy atom. The van der Waals surface area contributed by atoms with E-state index in [1.807, 2.05) is 25.1 Å². The second-order valence-corrected chi connectivity index (χ2v) is 7.25. The van der Waals surface area contributed by atoms with E-state index in [-0.39, 0.29) is 5.56 Å². The van der Waals surface area contributed by atoms with Crippen molar-refractivity contribution in [2.24, 2.45) is 5.92 Å². The predicted octanol–water partition coefficient (Wildman–Crippen LogP) is 3.03. The molecule has 4 heteroatoms. The summed E-state index contributed by atoms with van der Waals surface area (Å²) in [5.41, 5.74) is 5.13. The van der Waals surface area contributed by atoms with Crippen molar-refractivity contribution in [3.63, 3.8) is 0 Å². The fraction of sp³-hybridized carbons (Fsp3) is 0.364. The van der Waals surface area contributed by atoms with Gasteiger partial charge in [-0.05, 0) is 31.0 Å². The van der Waals surface area contributed by atoms with E-state index in [9.17, 15) is 4.79 Å². The minimum atomic E-state index is -0.00936. The Hall–Kier alpha value is -2.46. The van der Waals surface area contributed by atoms with Gasteiger partial charge in [0.1, 0.15) is 23.9 Å². The summed E-state index contributed by atoms with van der Waals surface area (Å²) < 4.78 is 1.66. The normalized spacial score (nSPS) is 12.7. The van der Waals surface area contributed by atoms with Crippen LogP contribution in [0.4, 0.5) is 0 Å². The maximum Gasteiger partial charge on any atom is 0.258 e. The van der Waals surface area contributed by atoms with E-state index in [1.165, 1.54) is 11.1 Å². The van der Waals surface area contributed by atoms with Crippen LogP contribution in [0.5, 0.6) is 0 Å². The number of benzene rings is 1. The van der Waals surface area contributed by atoms with Gasteiger partial charge in [0.25, 0.3) is 5.56 Å². The standard InChI is InChI=1S/C22H27N3O/c1-5-17-9-11-18(12-10-17)22(15(2)3)23-14-19-13-21(26)25-16(4)7-6-8-20(25)24-19/h6-13,15,22-23H,5,14H2,1-4H3/p+1/t22-/m1/s1. The first-order chi connectivity index (χ1) is 12.5. The zero-order valence-corrected chi connectivity index (χ0v) is 16.1. The second-order valence-electron chi connectivity index (χ2n) is 7.25. The summed E-state index contributed by atoms with van der Waals surface area (Å²) >= 11 is 0. The largest absolute Gasteiger partial charge is 0.335 e. The monoisotopic (exact) mass is 350 g/mol. The molecule has 0 saturated heterocycles. The van der Waals surface area contributed by atoms with Crippen LogP contribution in [0.25, 0.3) is 5.65 Å². The fourth-order valence-electron chi connectivity index (χ4n) is 3.48. The van der Waals surface area contributed by atoms with Gasteiger partial charge in [0, 0.05) is 23.2 Å². The van der Waals surface area contributed by atoms with Gasteiger partial charge in [-0.3, -0.25) is 9.20 Å². The Kier molecular flexibility index (Phi) is 5.52. The summed E-state index contributed by atoms with van der Waals surface area (Å²) in [5, 5.41) is 2.29. The van der Waals surface area contributed by atoms with E-state index in [0.717, 1.165) is 17.8 Å². The number of hydrogen-bond donors (Lipinski definition) is 1. The van der Waals surface area contributed by atoms with Crippen LogP contribution in [0.15, 0.2) is 53.3 Å². The first-order valence-corrected chi connectivity index (χ1v) is 9.40. The molecule has 0 radical (unpaired) electrons. The molecule has 4 nitrogen and oxygen atoms in total. The quantitative estimate of drug-likeness (QED) is 0.743. The van der Waals surface area contributed by atoms with Crippen molar-refractivity contribution in [1.29, 1.82) is 0 Å². The molecule has 0 bridgehead atoms. The lowest BCUT2D eigenvalue weighted by molar-refractivity contribution is -0.717. The first kappa shape index (κ1) is 18.3. The Morgan fingerprint density at radius 1 is 1.12 bits per heavy atom. The molecule has 0 saturated carbocycles. The van der Waals surface area contributed by atoms with Crippen molar-refractivity contribution in [1.82, 2.24) is 9.38 Å². The Bertz CT molecular complexity index is 942. The summed E-state index contributed by atoms with van der Waals surface area (Å²) in [4.78, 5) is 17.1. The number of aromatic nitrogens is 2. The van der Waals surface area contributed by atoms with Gasteiger partial charge >= 0.3 is 0 Å². The third-order valence-electron chi connectivity index (χ3n) is 5.01. The van der Waals surface area contributed by atoms with Crippen LogP contribution in [-0.2, 0) is 13.0 Å². The SMILES string of the molecule is CCc1ccc([C@H]([NH2+]Cc2cc(=O)n3c(C)cccc3n2)C(C)C)cc1. The maximum atomic E-state index is 12.4. The zero-order valence-electron chi connectivity index (χ0n) is 16.1. The van der Waals surface area contributed by atoms with Gasteiger partial charge in [-0.1, -0.05) is 51.1 Å². The summed E-state index contributed by atoms with van der Waals surface area (Å²) in [6.07, 6.45) is 1.06. The Balaban J connectivity index is 1.83. The van der Waals surface area contributed by atoms with Gasteiger partial charge in [-0.25, -0.2) is 4.98 Å². The van der Waals surface area contributed by atoms with Crippen LogP contribution < -0.4 is 10.9 Å². The summed E-state index contributed by atoms with van der Waals surface area (Å²) in [5.74, 6) is 0.492. The van der Waals surface area contributed by atoms with Crippen molar-refractivity contribution in [3.8, 4) is 0 Å². The second kappa shape index (κ2) is 7.83. The van der Waals surface area contributed by atoms with E-state index in [1.54, 1.807) is 10.5 Å². The minimum Gasteiger partial charge on any atom is -0.335 e. The number of fused-ring (bicyclic) bond motifs is 1. The van der Waals surface area contributed by atoms with Gasteiger partial charge in [-0.2, -0.15) is 0 Å². The lowest BCUT2D eigenvalue weighted by atomic mass is 9.95. The topological polar surface area (TPSA) is 51.0 Å². The van der Waals surface area contributed by atoms with E-state index in [4.69, 9.17) is 0 Å². The number of rotatable bonds is 6. The molecule has 136 valence electrons. The molecule has 2 aromatic heterocycles. The fourth-order valence-corrected chi connectivity index (χ4v) is 3.48. The molecule has 0 aliphatic rings. The number of nitrogens with zero attached hydrogens (tertiary/aromatic N) is 2. The highest BCUT2D eigenvalue weighted by atomic mass is 16.1. The van der Waals surface area contributed by atoms with E-state index in [2.05, 4.69) is 55.3 Å². The van der Waals surface area contributed by atoms with Gasteiger partial charge in [-0.15, -0.1) is 0 Å². The molecular formula is C22H28N3O+. The Labute approximate surface area is 154 Å². The molecule has 0 fully saturated rings. The number of aryl methyl sites for hydroxylation is 2. The molecule has 1 atom stereocenters. The van der Waals surface area contributed by atoms with Crippen LogP contribution in [0.3, 0.4) is 0 Å². The molecule has 1 aromatic carbocycles. The minimum absolute atomic E-state index is 0.00936. The van der Waals surface area contributed by atoms with E-state index in [0.29, 0.717) is 24.2 Å². The molecule has 0 unspecified atom stereocenters. The number of hydrogen-bond acceptors (Lipinski definition) is 2. The van der Waals surface area contributed by atoms with Crippen molar-refractivity contribution >= 4 is 5.65 Å².